The van der Waals surface area contributed by atoms with Crippen LogP contribution in [0.2, 0.25) is 36.3 Å². The highest BCUT2D eigenvalue weighted by molar-refractivity contribution is 6.74. The average molecular weight is 657 g/mol. The second-order valence-electron chi connectivity index (χ2n) is 20.1. The van der Waals surface area contributed by atoms with Gasteiger partial charge in [0.1, 0.15) is 0 Å². The van der Waals surface area contributed by atoms with E-state index in [1.165, 1.54) is 49.7 Å². The van der Waals surface area contributed by atoms with E-state index in [4.69, 9.17) is 8.85 Å². The molecule has 5 heteroatoms. The summed E-state index contributed by atoms with van der Waals surface area (Å²) < 4.78 is 14.3. The second kappa shape index (κ2) is 12.5. The van der Waals surface area contributed by atoms with Gasteiger partial charge >= 0.3 is 0 Å². The Bertz CT molecular complexity index is 1170. The summed E-state index contributed by atoms with van der Waals surface area (Å²) in [5.74, 6) is 10.8. The topological polar surface area (TPSA) is 38.7 Å². The average Bonchev–Trinajstić information content (AvgIpc) is 3.52. The van der Waals surface area contributed by atoms with Crippen molar-refractivity contribution in [3.8, 4) is 11.8 Å². The van der Waals surface area contributed by atoms with Gasteiger partial charge < -0.3 is 14.0 Å². The molecule has 0 aliphatic heterocycles. The molecule has 0 bridgehead atoms. The zero-order valence-electron chi connectivity index (χ0n) is 32.3. The molecule has 0 saturated heterocycles. The maximum Gasteiger partial charge on any atom is 0.192 e. The minimum absolute atomic E-state index is 0.0998. The molecule has 3 nitrogen and oxygen atoms in total. The number of aliphatic hydroxyl groups is 1. The van der Waals surface area contributed by atoms with Crippen LogP contribution >= 0.6 is 0 Å². The third kappa shape index (κ3) is 7.46. The van der Waals surface area contributed by atoms with E-state index in [0.717, 1.165) is 43.4 Å². The van der Waals surface area contributed by atoms with Crippen molar-refractivity contribution in [1.82, 2.24) is 0 Å². The van der Waals surface area contributed by atoms with Crippen LogP contribution in [-0.2, 0) is 8.85 Å². The van der Waals surface area contributed by atoms with Gasteiger partial charge in [-0.3, -0.25) is 0 Å². The molecule has 6 unspecified atom stereocenters. The van der Waals surface area contributed by atoms with Gasteiger partial charge in [0.25, 0.3) is 0 Å². The molecule has 45 heavy (non-hydrogen) atoms. The van der Waals surface area contributed by atoms with Gasteiger partial charge in [-0.15, -0.1) is 0 Å². The smallest absolute Gasteiger partial charge is 0.192 e. The molecule has 4 aliphatic carbocycles. The van der Waals surface area contributed by atoms with E-state index in [9.17, 15) is 5.11 Å². The lowest BCUT2D eigenvalue weighted by atomic mass is 9.55. The van der Waals surface area contributed by atoms with Crippen LogP contribution < -0.4 is 0 Å². The van der Waals surface area contributed by atoms with Crippen LogP contribution in [0.1, 0.15) is 140 Å². The zero-order valence-corrected chi connectivity index (χ0v) is 34.3. The van der Waals surface area contributed by atoms with Crippen LogP contribution in [0.15, 0.2) is 11.1 Å². The Hall–Kier alpha value is -0.386. The van der Waals surface area contributed by atoms with E-state index >= 15 is 0 Å². The summed E-state index contributed by atoms with van der Waals surface area (Å²) in [6, 6.07) is 0. The van der Waals surface area contributed by atoms with Gasteiger partial charge in [-0.25, -0.2) is 0 Å². The Morgan fingerprint density at radius 2 is 1.56 bits per heavy atom. The molecular formula is C40H72O3Si2. The highest BCUT2D eigenvalue weighted by atomic mass is 28.4. The predicted molar refractivity (Wildman–Crippen MR) is 197 cm³/mol. The summed E-state index contributed by atoms with van der Waals surface area (Å²) in [7, 11) is -3.88. The molecule has 3 saturated carbocycles. The molecular weight excluding hydrogens is 585 g/mol. The van der Waals surface area contributed by atoms with Gasteiger partial charge in [0.15, 0.2) is 16.6 Å². The summed E-state index contributed by atoms with van der Waals surface area (Å²) in [5, 5.41) is 10.6. The first-order chi connectivity index (χ1) is 20.3. The lowest BCUT2D eigenvalue weighted by Crippen LogP contribution is -2.49. The van der Waals surface area contributed by atoms with Gasteiger partial charge in [0.05, 0.1) is 17.8 Å². The van der Waals surface area contributed by atoms with Crippen molar-refractivity contribution in [2.75, 3.05) is 0 Å². The largest absolute Gasteiger partial charge is 0.413 e. The SMILES string of the molecule is CC1=C(C#CC2CCC[C@]3(C)[C@@H](C(C)CCCC(C)(C)O)CC4CC243)CC(O[Si](C)(C)C(C)(C)C)CC1O[Si](C)(C)C(C)(C)C. The van der Waals surface area contributed by atoms with Crippen LogP contribution in [0.4, 0.5) is 0 Å². The Morgan fingerprint density at radius 3 is 2.13 bits per heavy atom. The van der Waals surface area contributed by atoms with E-state index in [-0.39, 0.29) is 22.3 Å². The molecule has 0 amide bonds. The summed E-state index contributed by atoms with van der Waals surface area (Å²) in [6.45, 7) is 35.0. The quantitative estimate of drug-likeness (QED) is 0.198. The van der Waals surface area contributed by atoms with Crippen molar-refractivity contribution in [2.24, 2.45) is 34.5 Å². The third-order valence-corrected chi connectivity index (χ3v) is 23.3. The summed E-state index contributed by atoms with van der Waals surface area (Å²) in [5.41, 5.74) is 2.95. The molecule has 0 aromatic carbocycles. The molecule has 0 aromatic heterocycles. The van der Waals surface area contributed by atoms with E-state index in [0.29, 0.717) is 16.7 Å². The molecule has 8 atom stereocenters. The molecule has 4 aliphatic rings. The molecule has 1 N–H and O–H groups in total. The monoisotopic (exact) mass is 657 g/mol. The number of hydrogen-bond donors (Lipinski definition) is 1. The minimum Gasteiger partial charge on any atom is -0.413 e. The van der Waals surface area contributed by atoms with Crippen molar-refractivity contribution in [2.45, 2.75) is 194 Å². The van der Waals surface area contributed by atoms with Crippen LogP contribution in [0.5, 0.6) is 0 Å². The molecule has 4 rings (SSSR count). The Balaban J connectivity index is 1.59. The zero-order chi connectivity index (χ0) is 34.0. The number of hydrogen-bond acceptors (Lipinski definition) is 3. The Labute approximate surface area is 281 Å². The Kier molecular flexibility index (Phi) is 10.4. The molecule has 1 spiro atoms. The van der Waals surface area contributed by atoms with E-state index in [1.54, 1.807) is 0 Å². The van der Waals surface area contributed by atoms with Crippen LogP contribution in [-0.4, -0.2) is 39.6 Å². The molecule has 0 heterocycles. The summed E-state index contributed by atoms with van der Waals surface area (Å²) in [4.78, 5) is 0. The number of rotatable bonds is 9. The highest BCUT2D eigenvalue weighted by Gasteiger charge is 2.75. The van der Waals surface area contributed by atoms with Gasteiger partial charge in [-0.1, -0.05) is 86.5 Å². The summed E-state index contributed by atoms with van der Waals surface area (Å²) in [6.07, 6.45) is 12.2. The first-order valence-electron chi connectivity index (χ1n) is 18.6. The summed E-state index contributed by atoms with van der Waals surface area (Å²) >= 11 is 0. The maximum atomic E-state index is 10.3. The van der Waals surface area contributed by atoms with Crippen LogP contribution in [0, 0.1) is 46.3 Å². The standard InChI is InChI=1S/C40H72O3Si2/c1-28(18-16-22-38(9,10)41)34-25-32-27-40(32)31(19-17-23-39(34,40)11)21-20-30-24-33(42-44(12,13)36(3,4)5)26-35(29(30)2)43-45(14,15)37(6,7)8/h28,31-35,41H,16-19,22-27H2,1-15H3/t28?,31?,32?,33?,34-,35?,39-,40?/m1/s1. The predicted octanol–water partition coefficient (Wildman–Crippen LogP) is 11.3. The highest BCUT2D eigenvalue weighted by Crippen LogP contribution is 2.81. The van der Waals surface area contributed by atoms with Gasteiger partial charge in [0, 0.05) is 24.3 Å². The first-order valence-corrected chi connectivity index (χ1v) is 24.5. The first kappa shape index (κ1) is 37.4. The van der Waals surface area contributed by atoms with Crippen molar-refractivity contribution in [1.29, 1.82) is 0 Å². The second-order valence-corrected chi connectivity index (χ2v) is 29.6. The normalized spacial score (nSPS) is 35.0. The van der Waals surface area contributed by atoms with E-state index < -0.39 is 22.2 Å². The molecule has 0 radical (unpaired) electrons. The van der Waals surface area contributed by atoms with E-state index in [2.05, 4.69) is 100 Å². The fourth-order valence-electron chi connectivity index (χ4n) is 9.30. The van der Waals surface area contributed by atoms with E-state index in [1.807, 2.05) is 13.8 Å². The maximum absolute atomic E-state index is 10.3. The van der Waals surface area contributed by atoms with Gasteiger partial charge in [0.2, 0.25) is 0 Å². The lowest BCUT2D eigenvalue weighted by molar-refractivity contribution is 0.00427. The molecule has 3 fully saturated rings. The van der Waals surface area contributed by atoms with Crippen molar-refractivity contribution in [3.63, 3.8) is 0 Å². The molecule has 258 valence electrons. The van der Waals surface area contributed by atoms with Crippen LogP contribution in [0.25, 0.3) is 0 Å². The van der Waals surface area contributed by atoms with Crippen LogP contribution in [0.3, 0.4) is 0 Å². The Morgan fingerprint density at radius 1 is 0.956 bits per heavy atom. The van der Waals surface area contributed by atoms with Crippen molar-refractivity contribution in [3.05, 3.63) is 11.1 Å². The van der Waals surface area contributed by atoms with Gasteiger partial charge in [-0.2, -0.15) is 0 Å². The lowest BCUT2D eigenvalue weighted by Gasteiger charge is -2.49. The van der Waals surface area contributed by atoms with Crippen molar-refractivity contribution >= 4 is 16.6 Å². The minimum atomic E-state index is -1.96. The fraction of sp³-hybridized carbons (Fsp3) is 0.900. The third-order valence-electron chi connectivity index (χ3n) is 14.3. The molecule has 0 aromatic rings. The van der Waals surface area contributed by atoms with Crippen molar-refractivity contribution < 1.29 is 14.0 Å². The van der Waals surface area contributed by atoms with Gasteiger partial charge in [-0.05, 0) is 123 Å². The fourth-order valence-corrected chi connectivity index (χ4v) is 12.0.